The molecular weight excluding hydrogens is 188 g/mol. The van der Waals surface area contributed by atoms with Crippen LogP contribution >= 0.6 is 0 Å². The van der Waals surface area contributed by atoms with Crippen molar-refractivity contribution in [2.24, 2.45) is 0 Å². The SMILES string of the molecule is N#CC1=CCC(C(F)(F)F)=C1C#N.[LiH]. The first-order chi connectivity index (χ1) is 6.00. The van der Waals surface area contributed by atoms with E-state index in [0.29, 0.717) is 0 Å². The van der Waals surface area contributed by atoms with Gasteiger partial charge in [-0.1, -0.05) is 6.08 Å². The number of rotatable bonds is 0. The summed E-state index contributed by atoms with van der Waals surface area (Å²) in [5.74, 6) is 0. The fourth-order valence-corrected chi connectivity index (χ4v) is 1.06. The van der Waals surface area contributed by atoms with E-state index in [1.54, 1.807) is 6.07 Å². The van der Waals surface area contributed by atoms with E-state index >= 15 is 0 Å². The van der Waals surface area contributed by atoms with Gasteiger partial charge in [0.2, 0.25) is 0 Å². The van der Waals surface area contributed by atoms with Crippen molar-refractivity contribution in [1.29, 1.82) is 10.5 Å². The van der Waals surface area contributed by atoms with Crippen molar-refractivity contribution in [2.45, 2.75) is 12.6 Å². The molecule has 0 saturated heterocycles. The first-order valence-corrected chi connectivity index (χ1v) is 3.31. The molecule has 0 amide bonds. The number of halogens is 3. The Morgan fingerprint density at radius 2 is 1.79 bits per heavy atom. The molecule has 0 heterocycles. The second-order valence-electron chi connectivity index (χ2n) is 2.40. The zero-order valence-electron chi connectivity index (χ0n) is 6.31. The summed E-state index contributed by atoms with van der Waals surface area (Å²) in [5, 5.41) is 16.8. The maximum atomic E-state index is 12.2. The summed E-state index contributed by atoms with van der Waals surface area (Å²) in [5.41, 5.74) is -1.66. The van der Waals surface area contributed by atoms with Crippen molar-refractivity contribution >= 4 is 18.9 Å². The molecule has 0 atom stereocenters. The van der Waals surface area contributed by atoms with Gasteiger partial charge in [0.1, 0.15) is 12.1 Å². The van der Waals surface area contributed by atoms with E-state index in [2.05, 4.69) is 0 Å². The van der Waals surface area contributed by atoms with Gasteiger partial charge in [0, 0.05) is 0 Å². The summed E-state index contributed by atoms with van der Waals surface area (Å²) in [6.07, 6.45) is -3.78. The zero-order valence-corrected chi connectivity index (χ0v) is 6.31. The van der Waals surface area contributed by atoms with Crippen LogP contribution in [0, 0.1) is 22.7 Å². The summed E-state index contributed by atoms with van der Waals surface area (Å²) in [6.45, 7) is 0. The van der Waals surface area contributed by atoms with Crippen molar-refractivity contribution in [2.75, 3.05) is 0 Å². The molecule has 0 aliphatic heterocycles. The van der Waals surface area contributed by atoms with Crippen LogP contribution in [-0.2, 0) is 0 Å². The molecule has 0 N–H and O–H groups in total. The van der Waals surface area contributed by atoms with E-state index in [-0.39, 0.29) is 30.9 Å². The Labute approximate surface area is 90.5 Å². The predicted molar refractivity (Wildman–Crippen MR) is 44.2 cm³/mol. The number of nitriles is 2. The number of hydrogen-bond donors (Lipinski definition) is 0. The quantitative estimate of drug-likeness (QED) is 0.547. The molecule has 14 heavy (non-hydrogen) atoms. The van der Waals surface area contributed by atoms with Gasteiger partial charge in [-0.05, 0) is 6.42 Å². The van der Waals surface area contributed by atoms with Gasteiger partial charge in [-0.25, -0.2) is 0 Å². The summed E-state index contributed by atoms with van der Waals surface area (Å²) < 4.78 is 36.5. The molecule has 0 radical (unpaired) electrons. The number of alkyl halides is 3. The summed E-state index contributed by atoms with van der Waals surface area (Å²) in [7, 11) is 0. The first-order valence-electron chi connectivity index (χ1n) is 3.31. The van der Waals surface area contributed by atoms with Crippen LogP contribution in [-0.4, -0.2) is 25.0 Å². The maximum absolute atomic E-state index is 12.2. The number of hydrogen-bond acceptors (Lipinski definition) is 2. The first kappa shape index (κ1) is 12.8. The van der Waals surface area contributed by atoms with E-state index in [1.807, 2.05) is 0 Å². The third-order valence-corrected chi connectivity index (χ3v) is 1.66. The minimum absolute atomic E-state index is 0. The van der Waals surface area contributed by atoms with Gasteiger partial charge >= 0.3 is 25.0 Å². The van der Waals surface area contributed by atoms with Crippen LogP contribution in [0.5, 0.6) is 0 Å². The van der Waals surface area contributed by atoms with Gasteiger partial charge in [0.05, 0.1) is 16.7 Å². The van der Waals surface area contributed by atoms with E-state index in [9.17, 15) is 13.2 Å². The van der Waals surface area contributed by atoms with Gasteiger partial charge in [0.15, 0.2) is 0 Å². The molecule has 0 fully saturated rings. The standard InChI is InChI=1S/C8H3F3N2.Li.H/c9-8(10,11)7-2-1-5(3-12)6(7)4-13;;/h1H,2H2;;. The van der Waals surface area contributed by atoms with Crippen LogP contribution in [0.1, 0.15) is 6.42 Å². The minimum atomic E-state index is -4.51. The topological polar surface area (TPSA) is 47.6 Å². The Balaban J connectivity index is 0.00000169. The molecule has 0 aromatic heterocycles. The van der Waals surface area contributed by atoms with Crippen molar-refractivity contribution in [3.63, 3.8) is 0 Å². The molecule has 0 aromatic carbocycles. The molecule has 0 saturated carbocycles. The van der Waals surface area contributed by atoms with Gasteiger partial charge in [-0.3, -0.25) is 0 Å². The average molecular weight is 192 g/mol. The molecule has 1 rings (SSSR count). The van der Waals surface area contributed by atoms with Crippen molar-refractivity contribution in [1.82, 2.24) is 0 Å². The number of allylic oxidation sites excluding steroid dienone is 4. The second kappa shape index (κ2) is 4.38. The van der Waals surface area contributed by atoms with E-state index in [1.165, 1.54) is 6.07 Å². The van der Waals surface area contributed by atoms with Crippen molar-refractivity contribution in [3.8, 4) is 12.1 Å². The van der Waals surface area contributed by atoms with Crippen LogP contribution in [0.25, 0.3) is 0 Å². The fourth-order valence-electron chi connectivity index (χ4n) is 1.06. The molecule has 6 heteroatoms. The normalized spacial score (nSPS) is 15.4. The van der Waals surface area contributed by atoms with Crippen molar-refractivity contribution < 1.29 is 13.2 Å². The van der Waals surface area contributed by atoms with Crippen LogP contribution in [0.4, 0.5) is 13.2 Å². The Morgan fingerprint density at radius 1 is 1.21 bits per heavy atom. The number of nitrogens with zero attached hydrogens (tertiary/aromatic N) is 2. The Kier molecular flexibility index (Phi) is 4.02. The monoisotopic (exact) mass is 192 g/mol. The molecule has 0 aromatic rings. The van der Waals surface area contributed by atoms with E-state index in [4.69, 9.17) is 10.5 Å². The van der Waals surface area contributed by atoms with Crippen LogP contribution in [0.15, 0.2) is 22.8 Å². The summed E-state index contributed by atoms with van der Waals surface area (Å²) in [6, 6.07) is 2.94. The summed E-state index contributed by atoms with van der Waals surface area (Å²) in [4.78, 5) is 0. The fraction of sp³-hybridized carbons (Fsp3) is 0.250. The zero-order chi connectivity index (χ0) is 10.1. The Bertz CT molecular complexity index is 379. The van der Waals surface area contributed by atoms with Crippen LogP contribution in [0.3, 0.4) is 0 Å². The third kappa shape index (κ3) is 2.20. The molecular formula is C8H4F3LiN2. The molecule has 0 bridgehead atoms. The predicted octanol–water partition coefficient (Wildman–Crippen LogP) is 1.57. The van der Waals surface area contributed by atoms with Gasteiger partial charge in [0.25, 0.3) is 0 Å². The van der Waals surface area contributed by atoms with Crippen LogP contribution < -0.4 is 0 Å². The van der Waals surface area contributed by atoms with Gasteiger partial charge < -0.3 is 0 Å². The molecule has 2 nitrogen and oxygen atoms in total. The van der Waals surface area contributed by atoms with E-state index < -0.39 is 17.3 Å². The second-order valence-corrected chi connectivity index (χ2v) is 2.40. The molecule has 0 unspecified atom stereocenters. The average Bonchev–Trinajstić information content (AvgIpc) is 2.45. The van der Waals surface area contributed by atoms with Crippen LogP contribution in [0.2, 0.25) is 0 Å². The van der Waals surface area contributed by atoms with Gasteiger partial charge in [-0.15, -0.1) is 0 Å². The summed E-state index contributed by atoms with van der Waals surface area (Å²) >= 11 is 0. The molecule has 68 valence electrons. The molecule has 1 aliphatic rings. The Morgan fingerprint density at radius 3 is 2.14 bits per heavy atom. The Hall–Kier alpha value is -1.15. The van der Waals surface area contributed by atoms with E-state index in [0.717, 1.165) is 6.08 Å². The third-order valence-electron chi connectivity index (χ3n) is 1.66. The molecule has 0 spiro atoms. The van der Waals surface area contributed by atoms with Crippen molar-refractivity contribution in [3.05, 3.63) is 22.8 Å². The van der Waals surface area contributed by atoms with Gasteiger partial charge in [-0.2, -0.15) is 23.7 Å². The molecule has 1 aliphatic carbocycles.